The van der Waals surface area contributed by atoms with Gasteiger partial charge in [0.1, 0.15) is 0 Å². The lowest BCUT2D eigenvalue weighted by Crippen LogP contribution is -2.51. The van der Waals surface area contributed by atoms with Gasteiger partial charge in [-0.2, -0.15) is 0 Å². The van der Waals surface area contributed by atoms with Crippen molar-refractivity contribution in [2.24, 2.45) is 10.9 Å². The fourth-order valence-electron chi connectivity index (χ4n) is 3.22. The van der Waals surface area contributed by atoms with Crippen molar-refractivity contribution in [1.29, 1.82) is 0 Å². The number of nitrogens with zero attached hydrogens (tertiary/aromatic N) is 3. The average molecular weight is 491 g/mol. The lowest BCUT2D eigenvalue weighted by molar-refractivity contribution is -0.145. The quantitative estimate of drug-likeness (QED) is 0.488. The number of esters is 1. The molecule has 180 valence electrons. The van der Waals surface area contributed by atoms with Gasteiger partial charge in [-0.15, -0.1) is 0 Å². The van der Waals surface area contributed by atoms with Gasteiger partial charge in [0.25, 0.3) is 0 Å². The summed E-state index contributed by atoms with van der Waals surface area (Å²) in [5.41, 5.74) is -0.671. The topological polar surface area (TPSA) is 108 Å². The standard InChI is InChI=1S/C23H24ClFN4O5/c1-4-34-19-10-9-17(11-18(19)25)26-21-27-22(31)29(12-14(2)20(30)33-3)23(32)28(21)13-15-5-7-16(24)8-6-15/h5-11,14H,4,12-13H2,1-3H3,(H,26,27,31)/t14-/m0/s1. The Hall–Kier alpha value is -3.66. The molecule has 0 spiro atoms. The highest BCUT2D eigenvalue weighted by molar-refractivity contribution is 6.30. The van der Waals surface area contributed by atoms with Gasteiger partial charge in [-0.3, -0.25) is 14.3 Å². The van der Waals surface area contributed by atoms with Gasteiger partial charge < -0.3 is 9.47 Å². The molecule has 1 aromatic heterocycles. The first-order chi connectivity index (χ1) is 16.2. The van der Waals surface area contributed by atoms with E-state index in [1.807, 2.05) is 0 Å². The molecular formula is C23H24ClFN4O5. The Bertz CT molecular complexity index is 1360. The van der Waals surface area contributed by atoms with Crippen molar-refractivity contribution in [2.45, 2.75) is 26.9 Å². The predicted molar refractivity (Wildman–Crippen MR) is 124 cm³/mol. The van der Waals surface area contributed by atoms with Crippen LogP contribution in [0.1, 0.15) is 19.4 Å². The molecule has 34 heavy (non-hydrogen) atoms. The van der Waals surface area contributed by atoms with Crippen molar-refractivity contribution in [2.75, 3.05) is 13.7 Å². The average Bonchev–Trinajstić information content (AvgIpc) is 2.81. The monoisotopic (exact) mass is 490 g/mol. The highest BCUT2D eigenvalue weighted by Crippen LogP contribution is 2.22. The van der Waals surface area contributed by atoms with Crippen LogP contribution in [0.3, 0.4) is 0 Å². The van der Waals surface area contributed by atoms with E-state index in [0.717, 1.165) is 10.6 Å². The molecule has 3 aromatic rings. The molecule has 0 saturated carbocycles. The van der Waals surface area contributed by atoms with E-state index >= 15 is 0 Å². The minimum atomic E-state index is -0.765. The van der Waals surface area contributed by atoms with E-state index in [1.165, 1.54) is 23.8 Å². The summed E-state index contributed by atoms with van der Waals surface area (Å²) in [7, 11) is 1.23. The van der Waals surface area contributed by atoms with Crippen molar-refractivity contribution in [3.8, 4) is 5.75 Å². The Balaban J connectivity index is 2.16. The number of carbonyl (C=O) groups excluding carboxylic acids is 1. The molecule has 0 amide bonds. The Morgan fingerprint density at radius 3 is 2.50 bits per heavy atom. The van der Waals surface area contributed by atoms with E-state index in [1.54, 1.807) is 38.1 Å². The van der Waals surface area contributed by atoms with Crippen LogP contribution in [0, 0.1) is 11.7 Å². The second-order valence-corrected chi connectivity index (χ2v) is 7.88. The molecule has 1 N–H and O–H groups in total. The van der Waals surface area contributed by atoms with E-state index in [-0.39, 0.29) is 30.1 Å². The number of methoxy groups -OCH3 is 1. The zero-order chi connectivity index (χ0) is 24.8. The third kappa shape index (κ3) is 5.82. The first-order valence-corrected chi connectivity index (χ1v) is 10.8. The molecule has 1 atom stereocenters. The predicted octanol–water partition coefficient (Wildman–Crippen LogP) is 2.62. The summed E-state index contributed by atoms with van der Waals surface area (Å²) in [4.78, 5) is 44.7. The smallest absolute Gasteiger partial charge is 0.335 e. The van der Waals surface area contributed by atoms with E-state index in [4.69, 9.17) is 21.1 Å². The van der Waals surface area contributed by atoms with E-state index < -0.39 is 29.1 Å². The Kier molecular flexibility index (Phi) is 8.06. The van der Waals surface area contributed by atoms with Crippen molar-refractivity contribution < 1.29 is 18.7 Å². The number of H-pyrrole nitrogens is 1. The van der Waals surface area contributed by atoms with E-state index in [0.29, 0.717) is 17.2 Å². The van der Waals surface area contributed by atoms with Crippen molar-refractivity contribution >= 4 is 23.3 Å². The molecule has 0 bridgehead atoms. The van der Waals surface area contributed by atoms with Crippen LogP contribution in [0.25, 0.3) is 0 Å². The van der Waals surface area contributed by atoms with Crippen LogP contribution in [-0.4, -0.2) is 33.8 Å². The van der Waals surface area contributed by atoms with Crippen LogP contribution in [0.5, 0.6) is 5.75 Å². The van der Waals surface area contributed by atoms with Gasteiger partial charge in [0.05, 0.1) is 31.9 Å². The van der Waals surface area contributed by atoms with Crippen LogP contribution >= 0.6 is 11.6 Å². The first kappa shape index (κ1) is 25.0. The maximum atomic E-state index is 14.3. The highest BCUT2D eigenvalue weighted by Gasteiger charge is 2.18. The second kappa shape index (κ2) is 11.0. The number of aromatic nitrogens is 3. The van der Waals surface area contributed by atoms with Crippen molar-refractivity contribution in [3.63, 3.8) is 0 Å². The van der Waals surface area contributed by atoms with Gasteiger partial charge in [0.2, 0.25) is 5.62 Å². The number of hydrogen-bond donors (Lipinski definition) is 1. The number of carbonyl (C=O) groups is 1. The number of hydrogen-bond acceptors (Lipinski definition) is 6. The molecule has 2 aromatic carbocycles. The third-order valence-electron chi connectivity index (χ3n) is 4.95. The normalized spacial score (nSPS) is 12.4. The molecule has 0 unspecified atom stereocenters. The molecular weight excluding hydrogens is 467 g/mol. The molecule has 0 aliphatic rings. The summed E-state index contributed by atoms with van der Waals surface area (Å²) in [5, 5.41) is 0.523. The minimum absolute atomic E-state index is 0.0394. The summed E-state index contributed by atoms with van der Waals surface area (Å²) in [5.74, 6) is -1.86. The summed E-state index contributed by atoms with van der Waals surface area (Å²) in [6, 6.07) is 10.8. The van der Waals surface area contributed by atoms with Gasteiger partial charge in [0, 0.05) is 17.6 Å². The van der Waals surface area contributed by atoms with Crippen molar-refractivity contribution in [1.82, 2.24) is 14.1 Å². The number of aromatic amines is 1. The molecule has 1 heterocycles. The number of nitrogens with one attached hydrogen (secondary N) is 1. The fourth-order valence-corrected chi connectivity index (χ4v) is 3.35. The van der Waals surface area contributed by atoms with Crippen molar-refractivity contribution in [3.05, 3.63) is 85.5 Å². The Labute approximate surface area is 199 Å². The number of ether oxygens (including phenoxy) is 2. The van der Waals surface area contributed by atoms with Crippen LogP contribution in [-0.2, 0) is 22.6 Å². The summed E-state index contributed by atoms with van der Waals surface area (Å²) < 4.78 is 26.3. The summed E-state index contributed by atoms with van der Waals surface area (Å²) in [6.07, 6.45) is 0. The van der Waals surface area contributed by atoms with Gasteiger partial charge in [-0.05, 0) is 36.8 Å². The first-order valence-electron chi connectivity index (χ1n) is 10.5. The molecule has 0 fully saturated rings. The van der Waals surface area contributed by atoms with E-state index in [9.17, 15) is 18.8 Å². The van der Waals surface area contributed by atoms with Crippen LogP contribution in [0.4, 0.5) is 10.1 Å². The van der Waals surface area contributed by atoms with Gasteiger partial charge in [-0.25, -0.2) is 23.5 Å². The third-order valence-corrected chi connectivity index (χ3v) is 5.20. The SMILES string of the molecule is CCOc1ccc(/N=c2\[nH]c(=O)n(C[C@H](C)C(=O)OC)c(=O)n2Cc2ccc(Cl)cc2)cc1F. The molecule has 3 rings (SSSR count). The van der Waals surface area contributed by atoms with Gasteiger partial charge >= 0.3 is 17.3 Å². The largest absolute Gasteiger partial charge is 0.491 e. The van der Waals surface area contributed by atoms with Crippen LogP contribution < -0.4 is 21.7 Å². The number of rotatable bonds is 8. The molecule has 0 radical (unpaired) electrons. The van der Waals surface area contributed by atoms with Gasteiger partial charge in [-0.1, -0.05) is 30.7 Å². The minimum Gasteiger partial charge on any atom is -0.491 e. The van der Waals surface area contributed by atoms with Crippen LogP contribution in [0.15, 0.2) is 57.0 Å². The maximum Gasteiger partial charge on any atom is 0.335 e. The Morgan fingerprint density at radius 1 is 1.18 bits per heavy atom. The number of halogens is 2. The molecule has 9 nitrogen and oxygen atoms in total. The molecule has 0 aliphatic carbocycles. The summed E-state index contributed by atoms with van der Waals surface area (Å²) >= 11 is 5.95. The maximum absolute atomic E-state index is 14.3. The zero-order valence-corrected chi connectivity index (χ0v) is 19.6. The summed E-state index contributed by atoms with van der Waals surface area (Å²) in [6.45, 7) is 3.42. The van der Waals surface area contributed by atoms with Crippen LogP contribution in [0.2, 0.25) is 5.02 Å². The van der Waals surface area contributed by atoms with Gasteiger partial charge in [0.15, 0.2) is 11.6 Å². The molecule has 0 aliphatic heterocycles. The van der Waals surface area contributed by atoms with E-state index in [2.05, 4.69) is 9.98 Å². The lowest BCUT2D eigenvalue weighted by Gasteiger charge is -2.14. The molecule has 0 saturated heterocycles. The zero-order valence-electron chi connectivity index (χ0n) is 18.9. The second-order valence-electron chi connectivity index (χ2n) is 7.44. The number of benzene rings is 2. The Morgan fingerprint density at radius 2 is 1.88 bits per heavy atom. The highest BCUT2D eigenvalue weighted by atomic mass is 35.5. The molecule has 11 heteroatoms. The fraction of sp³-hybridized carbons (Fsp3) is 0.304. The lowest BCUT2D eigenvalue weighted by atomic mass is 10.2.